The van der Waals surface area contributed by atoms with E-state index in [0.29, 0.717) is 36.5 Å². The molecule has 11 heteroatoms. The second-order valence-corrected chi connectivity index (χ2v) is 9.24. The Balaban J connectivity index is 1.38. The molecule has 1 fully saturated rings. The van der Waals surface area contributed by atoms with Crippen LogP contribution in [0.2, 0.25) is 0 Å². The van der Waals surface area contributed by atoms with E-state index >= 15 is 0 Å². The molecule has 0 aliphatic carbocycles. The standard InChI is InChI=1S/C26H26F3N3O5/c1-30(2)23(34)15-31-14-17-3-6-18(13-20(17)24(31)35)32-12-10-22(25(32)36)37-19-7-4-16(5-8-19)21(33)9-11-26(27,28)29/h3-8,13,22H,9-12,14-15H2,1-2H3/t22-/m1/s1. The van der Waals surface area contributed by atoms with Gasteiger partial charge in [0, 0.05) is 56.8 Å². The summed E-state index contributed by atoms with van der Waals surface area (Å²) in [5.41, 5.74) is 1.92. The number of hydrogen-bond acceptors (Lipinski definition) is 5. The molecular weight excluding hydrogens is 491 g/mol. The van der Waals surface area contributed by atoms with Gasteiger partial charge in [0.15, 0.2) is 11.9 Å². The lowest BCUT2D eigenvalue weighted by atomic mass is 10.1. The Labute approximate surface area is 211 Å². The minimum absolute atomic E-state index is 0.0267. The highest BCUT2D eigenvalue weighted by atomic mass is 19.4. The summed E-state index contributed by atoms with van der Waals surface area (Å²) in [5, 5.41) is 0. The molecule has 1 saturated heterocycles. The third-order valence-electron chi connectivity index (χ3n) is 6.36. The summed E-state index contributed by atoms with van der Waals surface area (Å²) < 4.78 is 42.8. The number of halogens is 3. The number of benzene rings is 2. The van der Waals surface area contributed by atoms with Crippen LogP contribution >= 0.6 is 0 Å². The molecule has 2 aliphatic heterocycles. The van der Waals surface area contributed by atoms with Crippen LogP contribution < -0.4 is 9.64 Å². The van der Waals surface area contributed by atoms with Crippen LogP contribution in [0.15, 0.2) is 42.5 Å². The quantitative estimate of drug-likeness (QED) is 0.501. The molecule has 37 heavy (non-hydrogen) atoms. The van der Waals surface area contributed by atoms with Gasteiger partial charge in [-0.1, -0.05) is 6.07 Å². The highest BCUT2D eigenvalue weighted by Crippen LogP contribution is 2.31. The number of nitrogens with zero attached hydrogens (tertiary/aromatic N) is 3. The van der Waals surface area contributed by atoms with Crippen LogP contribution in [-0.4, -0.2) is 72.8 Å². The van der Waals surface area contributed by atoms with Crippen molar-refractivity contribution in [2.24, 2.45) is 0 Å². The summed E-state index contributed by atoms with van der Waals surface area (Å²) in [6, 6.07) is 10.8. The highest BCUT2D eigenvalue weighted by Gasteiger charge is 2.36. The Morgan fingerprint density at radius 2 is 1.78 bits per heavy atom. The number of fused-ring (bicyclic) bond motifs is 1. The normalized spacial score (nSPS) is 17.3. The molecular formula is C26H26F3N3O5. The van der Waals surface area contributed by atoms with Gasteiger partial charge in [-0.2, -0.15) is 13.2 Å². The summed E-state index contributed by atoms with van der Waals surface area (Å²) in [4.78, 5) is 54.2. The number of alkyl halides is 3. The van der Waals surface area contributed by atoms with E-state index in [-0.39, 0.29) is 29.8 Å². The Morgan fingerprint density at radius 3 is 2.43 bits per heavy atom. The Kier molecular flexibility index (Phi) is 7.24. The molecule has 8 nitrogen and oxygen atoms in total. The maximum atomic E-state index is 13.0. The fraction of sp³-hybridized carbons (Fsp3) is 0.385. The van der Waals surface area contributed by atoms with Crippen molar-refractivity contribution in [1.82, 2.24) is 9.80 Å². The van der Waals surface area contributed by atoms with Crippen molar-refractivity contribution in [2.75, 3.05) is 32.1 Å². The zero-order valence-electron chi connectivity index (χ0n) is 20.4. The van der Waals surface area contributed by atoms with E-state index in [9.17, 15) is 32.3 Å². The largest absolute Gasteiger partial charge is 0.481 e. The first-order valence-corrected chi connectivity index (χ1v) is 11.7. The average Bonchev–Trinajstić information content (AvgIpc) is 3.36. The first kappa shape index (κ1) is 26.2. The number of amides is 3. The molecule has 0 radical (unpaired) electrons. The van der Waals surface area contributed by atoms with Gasteiger partial charge in [0.1, 0.15) is 12.3 Å². The minimum Gasteiger partial charge on any atom is -0.481 e. The van der Waals surface area contributed by atoms with Gasteiger partial charge in [-0.05, 0) is 42.0 Å². The van der Waals surface area contributed by atoms with Gasteiger partial charge in [0.2, 0.25) is 5.91 Å². The third kappa shape index (κ3) is 5.92. The van der Waals surface area contributed by atoms with E-state index in [2.05, 4.69) is 0 Å². The molecule has 0 N–H and O–H groups in total. The van der Waals surface area contributed by atoms with Crippen LogP contribution in [0, 0.1) is 0 Å². The summed E-state index contributed by atoms with van der Waals surface area (Å²) >= 11 is 0. The van der Waals surface area contributed by atoms with Gasteiger partial charge in [0.05, 0.1) is 6.42 Å². The van der Waals surface area contributed by atoms with Crippen LogP contribution in [0.25, 0.3) is 0 Å². The molecule has 196 valence electrons. The van der Waals surface area contributed by atoms with E-state index in [1.54, 1.807) is 32.3 Å². The predicted molar refractivity (Wildman–Crippen MR) is 127 cm³/mol. The molecule has 0 aromatic heterocycles. The fourth-order valence-electron chi connectivity index (χ4n) is 4.25. The van der Waals surface area contributed by atoms with Gasteiger partial charge >= 0.3 is 6.18 Å². The summed E-state index contributed by atoms with van der Waals surface area (Å²) in [7, 11) is 3.25. The van der Waals surface area contributed by atoms with Gasteiger partial charge in [0.25, 0.3) is 11.8 Å². The van der Waals surface area contributed by atoms with Crippen molar-refractivity contribution in [1.29, 1.82) is 0 Å². The fourth-order valence-corrected chi connectivity index (χ4v) is 4.25. The lowest BCUT2D eigenvalue weighted by molar-refractivity contribution is -0.133. The van der Waals surface area contributed by atoms with Crippen LogP contribution in [-0.2, 0) is 16.1 Å². The van der Waals surface area contributed by atoms with Crippen molar-refractivity contribution in [2.45, 2.75) is 38.1 Å². The average molecular weight is 518 g/mol. The number of anilines is 1. The molecule has 0 unspecified atom stereocenters. The SMILES string of the molecule is CN(C)C(=O)CN1Cc2ccc(N3CC[C@@H](Oc4ccc(C(=O)CCC(F)(F)F)cc4)C3=O)cc2C1=O. The monoisotopic (exact) mass is 517 g/mol. The molecule has 0 bridgehead atoms. The van der Waals surface area contributed by atoms with Crippen molar-refractivity contribution in [3.8, 4) is 5.75 Å². The van der Waals surface area contributed by atoms with E-state index < -0.39 is 30.9 Å². The zero-order valence-corrected chi connectivity index (χ0v) is 20.4. The van der Waals surface area contributed by atoms with Crippen molar-refractivity contribution < 1.29 is 37.1 Å². The number of carbonyl (C=O) groups excluding carboxylic acids is 4. The molecule has 0 spiro atoms. The lowest BCUT2D eigenvalue weighted by Gasteiger charge is -2.18. The van der Waals surface area contributed by atoms with E-state index in [1.807, 2.05) is 0 Å². The maximum absolute atomic E-state index is 13.0. The highest BCUT2D eigenvalue weighted by molar-refractivity contribution is 6.04. The topological polar surface area (TPSA) is 87.2 Å². The third-order valence-corrected chi connectivity index (χ3v) is 6.36. The second-order valence-electron chi connectivity index (χ2n) is 9.24. The first-order chi connectivity index (χ1) is 17.4. The van der Waals surface area contributed by atoms with Crippen LogP contribution in [0.5, 0.6) is 5.75 Å². The van der Waals surface area contributed by atoms with E-state index in [4.69, 9.17) is 4.74 Å². The smallest absolute Gasteiger partial charge is 0.389 e. The minimum atomic E-state index is -4.40. The summed E-state index contributed by atoms with van der Waals surface area (Å²) in [5.74, 6) is -1.05. The Bertz CT molecular complexity index is 1230. The van der Waals surface area contributed by atoms with Crippen molar-refractivity contribution >= 4 is 29.2 Å². The Hall–Kier alpha value is -3.89. The van der Waals surface area contributed by atoms with Gasteiger partial charge < -0.3 is 19.4 Å². The van der Waals surface area contributed by atoms with E-state index in [0.717, 1.165) is 5.56 Å². The van der Waals surface area contributed by atoms with Crippen LogP contribution in [0.1, 0.15) is 45.5 Å². The number of carbonyl (C=O) groups is 4. The number of rotatable bonds is 8. The van der Waals surface area contributed by atoms with E-state index in [1.165, 1.54) is 39.0 Å². The number of ketones is 1. The predicted octanol–water partition coefficient (Wildman–Crippen LogP) is 3.44. The molecule has 2 aromatic carbocycles. The molecule has 1 atom stereocenters. The summed E-state index contributed by atoms with van der Waals surface area (Å²) in [6.07, 6.45) is -6.61. The molecule has 3 amide bonds. The second kappa shape index (κ2) is 10.2. The van der Waals surface area contributed by atoms with Gasteiger partial charge in [-0.25, -0.2) is 0 Å². The van der Waals surface area contributed by atoms with Crippen LogP contribution in [0.4, 0.5) is 18.9 Å². The molecule has 2 heterocycles. The van der Waals surface area contributed by atoms with Crippen LogP contribution in [0.3, 0.4) is 0 Å². The Morgan fingerprint density at radius 1 is 1.08 bits per heavy atom. The number of Topliss-reactive ketones (excluding diaryl/α,β-unsaturated/α-hetero) is 1. The molecule has 2 aromatic rings. The maximum Gasteiger partial charge on any atom is 0.389 e. The summed E-state index contributed by atoms with van der Waals surface area (Å²) in [6.45, 7) is 0.664. The lowest BCUT2D eigenvalue weighted by Crippen LogP contribution is -2.36. The molecule has 0 saturated carbocycles. The molecule has 2 aliphatic rings. The van der Waals surface area contributed by atoms with Crippen molar-refractivity contribution in [3.63, 3.8) is 0 Å². The van der Waals surface area contributed by atoms with Gasteiger partial charge in [-0.3, -0.25) is 19.2 Å². The van der Waals surface area contributed by atoms with Gasteiger partial charge in [-0.15, -0.1) is 0 Å². The number of ether oxygens (including phenoxy) is 1. The van der Waals surface area contributed by atoms with Crippen molar-refractivity contribution in [3.05, 3.63) is 59.2 Å². The number of likely N-dealkylation sites (N-methyl/N-ethyl adjacent to an activating group) is 1. The first-order valence-electron chi connectivity index (χ1n) is 11.7. The molecule has 4 rings (SSSR count). The zero-order chi connectivity index (χ0) is 26.9. The number of hydrogen-bond donors (Lipinski definition) is 0.